The Labute approximate surface area is 158 Å². The van der Waals surface area contributed by atoms with E-state index in [1.807, 2.05) is 35.0 Å². The predicted molar refractivity (Wildman–Crippen MR) is 105 cm³/mol. The number of hydrogen-bond donors (Lipinski definition) is 1. The van der Waals surface area contributed by atoms with Crippen LogP contribution in [0.5, 0.6) is 11.5 Å². The highest BCUT2D eigenvalue weighted by Crippen LogP contribution is 2.29. The first-order valence-corrected chi connectivity index (χ1v) is 8.71. The zero-order valence-electron chi connectivity index (χ0n) is 15.9. The van der Waals surface area contributed by atoms with Crippen molar-refractivity contribution in [3.05, 3.63) is 66.2 Å². The van der Waals surface area contributed by atoms with E-state index in [1.165, 1.54) is 14.2 Å². The Kier molecular flexibility index (Phi) is 5.45. The van der Waals surface area contributed by atoms with Crippen molar-refractivity contribution in [2.24, 2.45) is 0 Å². The van der Waals surface area contributed by atoms with Gasteiger partial charge in [0.1, 0.15) is 22.9 Å². The summed E-state index contributed by atoms with van der Waals surface area (Å²) in [5.74, 6) is 1.94. The van der Waals surface area contributed by atoms with Crippen LogP contribution in [-0.4, -0.2) is 29.7 Å². The highest BCUT2D eigenvalue weighted by molar-refractivity contribution is 6.08. The van der Waals surface area contributed by atoms with Crippen LogP contribution < -0.4 is 14.8 Å². The first-order chi connectivity index (χ1) is 13.0. The van der Waals surface area contributed by atoms with Crippen LogP contribution >= 0.6 is 0 Å². The predicted octanol–water partition coefficient (Wildman–Crippen LogP) is 4.27. The molecule has 27 heavy (non-hydrogen) atoms. The SMILES string of the molecule is COc1cccc(OC)c1C(=O)Nc1ccc(-n2ccnc2C(C)C)cc1. The number of nitrogens with one attached hydrogen (secondary N) is 1. The Morgan fingerprint density at radius 1 is 1.04 bits per heavy atom. The Morgan fingerprint density at radius 3 is 2.22 bits per heavy atom. The smallest absolute Gasteiger partial charge is 0.263 e. The van der Waals surface area contributed by atoms with E-state index in [9.17, 15) is 4.79 Å². The number of hydrogen-bond acceptors (Lipinski definition) is 4. The van der Waals surface area contributed by atoms with E-state index in [4.69, 9.17) is 9.47 Å². The van der Waals surface area contributed by atoms with Crippen molar-refractivity contribution >= 4 is 11.6 Å². The quantitative estimate of drug-likeness (QED) is 0.709. The van der Waals surface area contributed by atoms with E-state index in [-0.39, 0.29) is 5.91 Å². The van der Waals surface area contributed by atoms with Gasteiger partial charge < -0.3 is 19.4 Å². The van der Waals surface area contributed by atoms with Crippen molar-refractivity contribution in [1.29, 1.82) is 0 Å². The van der Waals surface area contributed by atoms with Gasteiger partial charge in [0.15, 0.2) is 0 Å². The average molecular weight is 365 g/mol. The first kappa shape index (κ1) is 18.5. The van der Waals surface area contributed by atoms with Gasteiger partial charge in [0.25, 0.3) is 5.91 Å². The van der Waals surface area contributed by atoms with E-state index in [1.54, 1.807) is 24.4 Å². The number of anilines is 1. The van der Waals surface area contributed by atoms with Gasteiger partial charge in [0.05, 0.1) is 14.2 Å². The first-order valence-electron chi connectivity index (χ1n) is 8.71. The molecular formula is C21H23N3O3. The number of nitrogens with zero attached hydrogens (tertiary/aromatic N) is 2. The monoisotopic (exact) mass is 365 g/mol. The second-order valence-corrected chi connectivity index (χ2v) is 6.35. The van der Waals surface area contributed by atoms with Crippen LogP contribution in [0.1, 0.15) is 35.9 Å². The molecule has 3 rings (SSSR count). The minimum absolute atomic E-state index is 0.289. The molecule has 6 heteroatoms. The summed E-state index contributed by atoms with van der Waals surface area (Å²) in [6, 6.07) is 12.9. The van der Waals surface area contributed by atoms with Gasteiger partial charge in [0.2, 0.25) is 0 Å². The fourth-order valence-corrected chi connectivity index (χ4v) is 2.93. The van der Waals surface area contributed by atoms with E-state index in [2.05, 4.69) is 24.1 Å². The average Bonchev–Trinajstić information content (AvgIpc) is 3.18. The Morgan fingerprint density at radius 2 is 1.67 bits per heavy atom. The molecule has 0 spiro atoms. The van der Waals surface area contributed by atoms with Gasteiger partial charge in [-0.05, 0) is 36.4 Å². The molecule has 0 radical (unpaired) electrons. The third kappa shape index (κ3) is 3.79. The van der Waals surface area contributed by atoms with Crippen LogP contribution in [0.15, 0.2) is 54.9 Å². The lowest BCUT2D eigenvalue weighted by Gasteiger charge is -2.14. The van der Waals surface area contributed by atoms with Crippen LogP contribution in [0.4, 0.5) is 5.69 Å². The van der Waals surface area contributed by atoms with E-state index in [0.29, 0.717) is 28.7 Å². The number of carbonyl (C=O) groups excluding carboxylic acids is 1. The molecular weight excluding hydrogens is 342 g/mol. The minimum Gasteiger partial charge on any atom is -0.496 e. The zero-order chi connectivity index (χ0) is 19.4. The summed E-state index contributed by atoms with van der Waals surface area (Å²) in [5.41, 5.74) is 2.04. The zero-order valence-corrected chi connectivity index (χ0v) is 15.9. The standard InChI is InChI=1S/C21H23N3O3/c1-14(2)20-22-12-13-24(20)16-10-8-15(9-11-16)23-21(25)19-17(26-3)6-5-7-18(19)27-4/h5-14H,1-4H3,(H,23,25). The lowest BCUT2D eigenvalue weighted by molar-refractivity contribution is 0.102. The number of amides is 1. The largest absolute Gasteiger partial charge is 0.496 e. The van der Waals surface area contributed by atoms with Gasteiger partial charge in [-0.2, -0.15) is 0 Å². The Hall–Kier alpha value is -3.28. The van der Waals surface area contributed by atoms with Gasteiger partial charge in [-0.3, -0.25) is 4.79 Å². The fourth-order valence-electron chi connectivity index (χ4n) is 2.93. The van der Waals surface area contributed by atoms with Crippen LogP contribution in [0.25, 0.3) is 5.69 Å². The van der Waals surface area contributed by atoms with Crippen molar-refractivity contribution in [2.45, 2.75) is 19.8 Å². The molecule has 0 aliphatic carbocycles. The van der Waals surface area contributed by atoms with Crippen molar-refractivity contribution in [2.75, 3.05) is 19.5 Å². The number of ether oxygens (including phenoxy) is 2. The van der Waals surface area contributed by atoms with E-state index < -0.39 is 0 Å². The van der Waals surface area contributed by atoms with Crippen molar-refractivity contribution < 1.29 is 14.3 Å². The van der Waals surface area contributed by atoms with Gasteiger partial charge in [-0.1, -0.05) is 19.9 Å². The number of methoxy groups -OCH3 is 2. The summed E-state index contributed by atoms with van der Waals surface area (Å²) in [7, 11) is 3.05. The molecule has 1 amide bonds. The lowest BCUT2D eigenvalue weighted by atomic mass is 10.1. The molecule has 0 unspecified atom stereocenters. The number of imidazole rings is 1. The van der Waals surface area contributed by atoms with Gasteiger partial charge in [-0.15, -0.1) is 0 Å². The second kappa shape index (κ2) is 7.95. The Bertz CT molecular complexity index is 908. The number of carbonyl (C=O) groups is 1. The van der Waals surface area contributed by atoms with Crippen molar-refractivity contribution in [3.63, 3.8) is 0 Å². The van der Waals surface area contributed by atoms with Crippen molar-refractivity contribution in [3.8, 4) is 17.2 Å². The maximum atomic E-state index is 12.7. The van der Waals surface area contributed by atoms with Gasteiger partial charge in [-0.25, -0.2) is 4.98 Å². The molecule has 0 saturated carbocycles. The summed E-state index contributed by atoms with van der Waals surface area (Å²) < 4.78 is 12.6. The van der Waals surface area contributed by atoms with Crippen molar-refractivity contribution in [1.82, 2.24) is 9.55 Å². The molecule has 1 N–H and O–H groups in total. The molecule has 3 aromatic rings. The molecule has 0 aliphatic heterocycles. The number of rotatable bonds is 6. The van der Waals surface area contributed by atoms with Gasteiger partial charge in [0, 0.05) is 29.7 Å². The lowest BCUT2D eigenvalue weighted by Crippen LogP contribution is -2.14. The molecule has 140 valence electrons. The summed E-state index contributed by atoms with van der Waals surface area (Å²) in [4.78, 5) is 17.2. The fraction of sp³-hybridized carbons (Fsp3) is 0.238. The summed E-state index contributed by atoms with van der Waals surface area (Å²) in [6.07, 6.45) is 3.72. The highest BCUT2D eigenvalue weighted by Gasteiger charge is 2.18. The molecule has 0 fully saturated rings. The second-order valence-electron chi connectivity index (χ2n) is 6.35. The highest BCUT2D eigenvalue weighted by atomic mass is 16.5. The molecule has 0 bridgehead atoms. The molecule has 6 nitrogen and oxygen atoms in total. The topological polar surface area (TPSA) is 65.4 Å². The summed E-state index contributed by atoms with van der Waals surface area (Å²) in [5, 5.41) is 2.89. The molecule has 0 saturated heterocycles. The Balaban J connectivity index is 1.83. The number of aromatic nitrogens is 2. The molecule has 1 heterocycles. The van der Waals surface area contributed by atoms with Crippen LogP contribution in [0, 0.1) is 0 Å². The third-order valence-corrected chi connectivity index (χ3v) is 4.24. The van der Waals surface area contributed by atoms with Gasteiger partial charge >= 0.3 is 0 Å². The maximum Gasteiger partial charge on any atom is 0.263 e. The third-order valence-electron chi connectivity index (χ3n) is 4.24. The maximum absolute atomic E-state index is 12.7. The number of benzene rings is 2. The molecule has 0 atom stereocenters. The van der Waals surface area contributed by atoms with Crippen LogP contribution in [-0.2, 0) is 0 Å². The van der Waals surface area contributed by atoms with Crippen LogP contribution in [0.2, 0.25) is 0 Å². The summed E-state index contributed by atoms with van der Waals surface area (Å²) in [6.45, 7) is 4.21. The molecule has 1 aromatic heterocycles. The molecule has 0 aliphatic rings. The normalized spacial score (nSPS) is 10.7. The van der Waals surface area contributed by atoms with Crippen LogP contribution in [0.3, 0.4) is 0 Å². The molecule has 2 aromatic carbocycles. The summed E-state index contributed by atoms with van der Waals surface area (Å²) >= 11 is 0. The van der Waals surface area contributed by atoms with E-state index >= 15 is 0 Å². The minimum atomic E-state index is -0.289. The van der Waals surface area contributed by atoms with E-state index in [0.717, 1.165) is 11.5 Å².